The molecule has 0 heterocycles. The molecule has 27 heavy (non-hydrogen) atoms. The zero-order chi connectivity index (χ0) is 20.2. The van der Waals surface area contributed by atoms with Crippen LogP contribution in [0.15, 0.2) is 36.4 Å². The third-order valence-corrected chi connectivity index (χ3v) is 4.67. The van der Waals surface area contributed by atoms with Gasteiger partial charge in [0.2, 0.25) is 15.9 Å². The molecule has 0 aliphatic rings. The Kier molecular flexibility index (Phi) is 6.21. The van der Waals surface area contributed by atoms with Crippen LogP contribution in [0.3, 0.4) is 0 Å². The molecule has 7 nitrogen and oxygen atoms in total. The second-order valence-electron chi connectivity index (χ2n) is 5.48. The maximum Gasteiger partial charge on any atom is 0.245 e. The molecule has 0 bridgehead atoms. The summed E-state index contributed by atoms with van der Waals surface area (Å²) in [4.78, 5) is 12.3. The summed E-state index contributed by atoms with van der Waals surface area (Å²) in [5.74, 6) is -2.38. The SMILES string of the molecule is COc1ccc(OC)c(N(CC(=O)Nc2ccc(F)c(F)c2)S(C)(=O)=O)c1. The summed E-state index contributed by atoms with van der Waals surface area (Å²) < 4.78 is 61.8. The zero-order valence-corrected chi connectivity index (χ0v) is 15.6. The van der Waals surface area contributed by atoms with Crippen LogP contribution in [0.1, 0.15) is 0 Å². The summed E-state index contributed by atoms with van der Waals surface area (Å²) >= 11 is 0. The topological polar surface area (TPSA) is 84.9 Å². The number of ether oxygens (including phenoxy) is 2. The minimum atomic E-state index is -3.87. The van der Waals surface area contributed by atoms with E-state index in [1.54, 1.807) is 6.07 Å². The van der Waals surface area contributed by atoms with Crippen LogP contribution in [0.2, 0.25) is 0 Å². The highest BCUT2D eigenvalue weighted by molar-refractivity contribution is 7.92. The Morgan fingerprint density at radius 3 is 2.33 bits per heavy atom. The van der Waals surface area contributed by atoms with Crippen molar-refractivity contribution in [2.75, 3.05) is 36.6 Å². The van der Waals surface area contributed by atoms with Crippen LogP contribution in [0.25, 0.3) is 0 Å². The summed E-state index contributed by atoms with van der Waals surface area (Å²) in [6.07, 6.45) is 0.927. The molecule has 0 aliphatic carbocycles. The average molecular weight is 400 g/mol. The molecule has 10 heteroatoms. The number of benzene rings is 2. The highest BCUT2D eigenvalue weighted by Gasteiger charge is 2.25. The number of hydrogen-bond donors (Lipinski definition) is 1. The molecule has 1 N–H and O–H groups in total. The number of amides is 1. The first-order valence-corrected chi connectivity index (χ1v) is 9.45. The van der Waals surface area contributed by atoms with Gasteiger partial charge in [-0.3, -0.25) is 9.10 Å². The van der Waals surface area contributed by atoms with Crippen molar-refractivity contribution in [3.63, 3.8) is 0 Å². The molecule has 0 atom stereocenters. The van der Waals surface area contributed by atoms with Crippen LogP contribution in [-0.4, -0.2) is 41.3 Å². The Morgan fingerprint density at radius 2 is 1.78 bits per heavy atom. The fourth-order valence-corrected chi connectivity index (χ4v) is 3.13. The lowest BCUT2D eigenvalue weighted by Crippen LogP contribution is -2.37. The molecular weight excluding hydrogens is 382 g/mol. The van der Waals surface area contributed by atoms with Crippen molar-refractivity contribution < 1.29 is 31.5 Å². The van der Waals surface area contributed by atoms with Crippen molar-refractivity contribution in [3.8, 4) is 11.5 Å². The van der Waals surface area contributed by atoms with Gasteiger partial charge < -0.3 is 14.8 Å². The summed E-state index contributed by atoms with van der Waals surface area (Å²) in [6.45, 7) is -0.610. The minimum absolute atomic E-state index is 0.00930. The highest BCUT2D eigenvalue weighted by Crippen LogP contribution is 2.33. The van der Waals surface area contributed by atoms with E-state index in [1.807, 2.05) is 0 Å². The van der Waals surface area contributed by atoms with Crippen LogP contribution < -0.4 is 19.1 Å². The zero-order valence-electron chi connectivity index (χ0n) is 14.8. The predicted octanol–water partition coefficient (Wildman–Crippen LogP) is 2.39. The van der Waals surface area contributed by atoms with Crippen molar-refractivity contribution in [2.45, 2.75) is 0 Å². The first-order chi connectivity index (χ1) is 12.7. The minimum Gasteiger partial charge on any atom is -0.497 e. The molecule has 0 unspecified atom stereocenters. The molecule has 0 fully saturated rings. The number of anilines is 2. The van der Waals surface area contributed by atoms with E-state index >= 15 is 0 Å². The predicted molar refractivity (Wildman–Crippen MR) is 96.7 cm³/mol. The van der Waals surface area contributed by atoms with Crippen LogP contribution in [0, 0.1) is 11.6 Å². The lowest BCUT2D eigenvalue weighted by atomic mass is 10.2. The molecule has 146 valence electrons. The van der Waals surface area contributed by atoms with Crippen LogP contribution in [-0.2, 0) is 14.8 Å². The van der Waals surface area contributed by atoms with Gasteiger partial charge in [0.1, 0.15) is 18.0 Å². The van der Waals surface area contributed by atoms with E-state index in [9.17, 15) is 22.0 Å². The molecule has 0 saturated heterocycles. The molecule has 2 rings (SSSR count). The van der Waals surface area contributed by atoms with Crippen molar-refractivity contribution in [2.24, 2.45) is 0 Å². The monoisotopic (exact) mass is 400 g/mol. The van der Waals surface area contributed by atoms with Crippen LogP contribution in [0.4, 0.5) is 20.2 Å². The molecule has 2 aromatic rings. The Bertz CT molecular complexity index is 950. The smallest absolute Gasteiger partial charge is 0.245 e. The van der Waals surface area contributed by atoms with E-state index in [-0.39, 0.29) is 17.1 Å². The van der Waals surface area contributed by atoms with Gasteiger partial charge >= 0.3 is 0 Å². The molecule has 2 aromatic carbocycles. The number of carbonyl (C=O) groups is 1. The number of carbonyl (C=O) groups excluding carboxylic acids is 1. The Hall–Kier alpha value is -2.88. The fraction of sp³-hybridized carbons (Fsp3) is 0.235. The van der Waals surface area contributed by atoms with E-state index in [0.717, 1.165) is 28.8 Å². The number of nitrogens with one attached hydrogen (secondary N) is 1. The van der Waals surface area contributed by atoms with Crippen molar-refractivity contribution in [1.82, 2.24) is 0 Å². The van der Waals surface area contributed by atoms with E-state index < -0.39 is 34.1 Å². The van der Waals surface area contributed by atoms with Gasteiger partial charge in [-0.1, -0.05) is 0 Å². The van der Waals surface area contributed by atoms with Gasteiger partial charge in [-0.05, 0) is 24.3 Å². The lowest BCUT2D eigenvalue weighted by Gasteiger charge is -2.24. The summed E-state index contributed by atoms with van der Waals surface area (Å²) in [5.41, 5.74) is 0.0877. The first-order valence-electron chi connectivity index (χ1n) is 7.60. The van der Waals surface area contributed by atoms with Gasteiger partial charge in [0.05, 0.1) is 26.2 Å². The summed E-state index contributed by atoms with van der Waals surface area (Å²) in [7, 11) is -1.11. The number of hydrogen-bond acceptors (Lipinski definition) is 5. The Labute approximate surface area is 155 Å². The summed E-state index contributed by atoms with van der Waals surface area (Å²) in [5, 5.41) is 2.32. The van der Waals surface area contributed by atoms with E-state index in [2.05, 4.69) is 5.32 Å². The maximum atomic E-state index is 13.3. The van der Waals surface area contributed by atoms with Crippen molar-refractivity contribution in [3.05, 3.63) is 48.0 Å². The van der Waals surface area contributed by atoms with Crippen LogP contribution >= 0.6 is 0 Å². The number of nitrogens with zero attached hydrogens (tertiary/aromatic N) is 1. The van der Waals surface area contributed by atoms with Crippen LogP contribution in [0.5, 0.6) is 11.5 Å². The van der Waals surface area contributed by atoms with Gasteiger partial charge in [-0.15, -0.1) is 0 Å². The fourth-order valence-electron chi connectivity index (χ4n) is 2.28. The van der Waals surface area contributed by atoms with Crippen molar-refractivity contribution >= 4 is 27.3 Å². The third-order valence-electron chi connectivity index (χ3n) is 3.55. The second kappa shape index (κ2) is 8.21. The largest absolute Gasteiger partial charge is 0.497 e. The normalized spacial score (nSPS) is 11.0. The molecular formula is C17H18F2N2O5S. The Balaban J connectivity index is 2.32. The molecule has 0 saturated carbocycles. The number of rotatable bonds is 7. The number of halogens is 2. The molecule has 0 spiro atoms. The van der Waals surface area contributed by atoms with E-state index in [0.29, 0.717) is 5.75 Å². The number of sulfonamides is 1. The van der Waals surface area contributed by atoms with Gasteiger partial charge in [-0.25, -0.2) is 17.2 Å². The van der Waals surface area contributed by atoms with Crippen molar-refractivity contribution in [1.29, 1.82) is 0 Å². The highest BCUT2D eigenvalue weighted by atomic mass is 32.2. The summed E-state index contributed by atoms with van der Waals surface area (Å²) in [6, 6.07) is 7.29. The molecule has 1 amide bonds. The van der Waals surface area contributed by atoms with E-state index in [1.165, 1.54) is 26.4 Å². The van der Waals surface area contributed by atoms with Gasteiger partial charge in [-0.2, -0.15) is 0 Å². The van der Waals surface area contributed by atoms with Gasteiger partial charge in [0, 0.05) is 17.8 Å². The maximum absolute atomic E-state index is 13.3. The molecule has 0 aliphatic heterocycles. The molecule has 0 aromatic heterocycles. The lowest BCUT2D eigenvalue weighted by molar-refractivity contribution is -0.114. The van der Waals surface area contributed by atoms with Gasteiger partial charge in [0.25, 0.3) is 0 Å². The Morgan fingerprint density at radius 1 is 1.07 bits per heavy atom. The molecule has 0 radical (unpaired) electrons. The quantitative estimate of drug-likeness (QED) is 0.772. The van der Waals surface area contributed by atoms with Gasteiger partial charge in [0.15, 0.2) is 11.6 Å². The second-order valence-corrected chi connectivity index (χ2v) is 7.39. The first kappa shape index (κ1) is 20.4. The average Bonchev–Trinajstić information content (AvgIpc) is 2.61. The number of methoxy groups -OCH3 is 2. The standard InChI is InChI=1S/C17H18F2N2O5S/c1-25-12-5-7-16(26-2)15(9-12)21(27(3,23)24)10-17(22)20-11-4-6-13(18)14(19)8-11/h4-9H,10H2,1-3H3,(H,20,22). The van der Waals surface area contributed by atoms with E-state index in [4.69, 9.17) is 9.47 Å². The third kappa shape index (κ3) is 5.07.